The SMILES string of the molecule is COc1ccc(NC(=O)CNc2ccccc2C(=O)NCc2ccccc2)c(OC)c1. The summed E-state index contributed by atoms with van der Waals surface area (Å²) in [4.78, 5) is 25.1. The van der Waals surface area contributed by atoms with Crippen LogP contribution in [0, 0.1) is 0 Å². The van der Waals surface area contributed by atoms with Crippen LogP contribution in [0.1, 0.15) is 15.9 Å². The maximum atomic E-state index is 12.6. The van der Waals surface area contributed by atoms with Crippen molar-refractivity contribution in [3.63, 3.8) is 0 Å². The van der Waals surface area contributed by atoms with Crippen molar-refractivity contribution in [2.45, 2.75) is 6.54 Å². The van der Waals surface area contributed by atoms with Gasteiger partial charge in [0.05, 0.1) is 32.0 Å². The average Bonchev–Trinajstić information content (AvgIpc) is 2.82. The van der Waals surface area contributed by atoms with Crippen molar-refractivity contribution in [3.05, 3.63) is 83.9 Å². The smallest absolute Gasteiger partial charge is 0.253 e. The minimum atomic E-state index is -0.275. The molecular weight excluding hydrogens is 394 g/mol. The molecule has 0 bridgehead atoms. The number of carbonyl (C=O) groups excluding carboxylic acids is 2. The van der Waals surface area contributed by atoms with E-state index < -0.39 is 0 Å². The molecule has 0 aliphatic heterocycles. The van der Waals surface area contributed by atoms with Gasteiger partial charge in [-0.1, -0.05) is 42.5 Å². The molecule has 0 spiro atoms. The van der Waals surface area contributed by atoms with Gasteiger partial charge in [0.15, 0.2) is 0 Å². The Morgan fingerprint density at radius 3 is 2.32 bits per heavy atom. The summed E-state index contributed by atoms with van der Waals surface area (Å²) in [5.74, 6) is 0.629. The third-order valence-electron chi connectivity index (χ3n) is 4.59. The molecule has 160 valence electrons. The van der Waals surface area contributed by atoms with Crippen LogP contribution in [0.3, 0.4) is 0 Å². The molecule has 0 fully saturated rings. The fourth-order valence-electron chi connectivity index (χ4n) is 2.98. The molecule has 3 aromatic rings. The van der Waals surface area contributed by atoms with E-state index in [-0.39, 0.29) is 18.4 Å². The number of ether oxygens (including phenoxy) is 2. The highest BCUT2D eigenvalue weighted by atomic mass is 16.5. The summed E-state index contributed by atoms with van der Waals surface area (Å²) < 4.78 is 10.5. The number of hydrogen-bond donors (Lipinski definition) is 3. The van der Waals surface area contributed by atoms with Gasteiger partial charge in [-0.05, 0) is 29.8 Å². The summed E-state index contributed by atoms with van der Waals surface area (Å²) >= 11 is 0. The second kappa shape index (κ2) is 10.7. The molecule has 3 rings (SSSR count). The van der Waals surface area contributed by atoms with E-state index in [0.717, 1.165) is 5.56 Å². The van der Waals surface area contributed by atoms with Crippen LogP contribution in [0.4, 0.5) is 11.4 Å². The number of methoxy groups -OCH3 is 2. The minimum absolute atomic E-state index is 0.0157. The van der Waals surface area contributed by atoms with Crippen molar-refractivity contribution in [2.24, 2.45) is 0 Å². The van der Waals surface area contributed by atoms with Crippen molar-refractivity contribution in [3.8, 4) is 11.5 Å². The summed E-state index contributed by atoms with van der Waals surface area (Å²) in [5.41, 5.74) is 2.58. The van der Waals surface area contributed by atoms with Crippen LogP contribution in [0.5, 0.6) is 11.5 Å². The number of rotatable bonds is 9. The molecule has 0 atom stereocenters. The number of benzene rings is 3. The summed E-state index contributed by atoms with van der Waals surface area (Å²) in [6.45, 7) is 0.407. The Morgan fingerprint density at radius 1 is 0.839 bits per heavy atom. The lowest BCUT2D eigenvalue weighted by Crippen LogP contribution is -2.26. The third kappa shape index (κ3) is 5.99. The van der Waals surface area contributed by atoms with Gasteiger partial charge in [-0.2, -0.15) is 0 Å². The molecule has 7 heteroatoms. The second-order valence-electron chi connectivity index (χ2n) is 6.68. The molecule has 0 aliphatic carbocycles. The van der Waals surface area contributed by atoms with Crippen molar-refractivity contribution >= 4 is 23.2 Å². The number of nitrogens with one attached hydrogen (secondary N) is 3. The maximum Gasteiger partial charge on any atom is 0.253 e. The van der Waals surface area contributed by atoms with Crippen LogP contribution in [-0.4, -0.2) is 32.6 Å². The molecule has 3 aromatic carbocycles. The van der Waals surface area contributed by atoms with Crippen LogP contribution in [0.2, 0.25) is 0 Å². The van der Waals surface area contributed by atoms with Crippen LogP contribution in [-0.2, 0) is 11.3 Å². The Hall–Kier alpha value is -4.00. The number of carbonyl (C=O) groups is 2. The van der Waals surface area contributed by atoms with Crippen LogP contribution in [0.25, 0.3) is 0 Å². The summed E-state index contributed by atoms with van der Waals surface area (Å²) in [6.07, 6.45) is 0. The van der Waals surface area contributed by atoms with Gasteiger partial charge in [0.2, 0.25) is 5.91 Å². The molecule has 0 saturated heterocycles. The predicted molar refractivity (Wildman–Crippen MR) is 121 cm³/mol. The Labute approximate surface area is 181 Å². The van der Waals surface area contributed by atoms with E-state index in [0.29, 0.717) is 35.0 Å². The molecular formula is C24H25N3O4. The van der Waals surface area contributed by atoms with E-state index in [1.165, 1.54) is 7.11 Å². The molecule has 31 heavy (non-hydrogen) atoms. The van der Waals surface area contributed by atoms with E-state index >= 15 is 0 Å². The fourth-order valence-corrected chi connectivity index (χ4v) is 2.98. The lowest BCUT2D eigenvalue weighted by atomic mass is 10.1. The maximum absolute atomic E-state index is 12.6. The third-order valence-corrected chi connectivity index (χ3v) is 4.59. The predicted octanol–water partition coefficient (Wildman–Crippen LogP) is 3.68. The van der Waals surface area contributed by atoms with Crippen LogP contribution >= 0.6 is 0 Å². The largest absolute Gasteiger partial charge is 0.497 e. The van der Waals surface area contributed by atoms with Crippen molar-refractivity contribution in [2.75, 3.05) is 31.4 Å². The molecule has 0 radical (unpaired) electrons. The first-order valence-electron chi connectivity index (χ1n) is 9.77. The Kier molecular flexibility index (Phi) is 7.48. The zero-order valence-electron chi connectivity index (χ0n) is 17.5. The van der Waals surface area contributed by atoms with E-state index in [1.54, 1.807) is 49.6 Å². The van der Waals surface area contributed by atoms with Gasteiger partial charge >= 0.3 is 0 Å². The summed E-state index contributed by atoms with van der Waals surface area (Å²) in [6, 6.07) is 21.9. The van der Waals surface area contributed by atoms with Gasteiger partial charge in [0, 0.05) is 18.3 Å². The van der Waals surface area contributed by atoms with E-state index in [2.05, 4.69) is 16.0 Å². The number of hydrogen-bond acceptors (Lipinski definition) is 5. The normalized spacial score (nSPS) is 10.1. The minimum Gasteiger partial charge on any atom is -0.497 e. The highest BCUT2D eigenvalue weighted by molar-refractivity contribution is 6.01. The number of para-hydroxylation sites is 1. The Bertz CT molecular complexity index is 1040. The molecule has 3 N–H and O–H groups in total. The van der Waals surface area contributed by atoms with Gasteiger partial charge in [-0.3, -0.25) is 9.59 Å². The van der Waals surface area contributed by atoms with E-state index in [9.17, 15) is 9.59 Å². The van der Waals surface area contributed by atoms with Gasteiger partial charge in [0.1, 0.15) is 11.5 Å². The fraction of sp³-hybridized carbons (Fsp3) is 0.167. The van der Waals surface area contributed by atoms with Gasteiger partial charge < -0.3 is 25.4 Å². The number of amides is 2. The summed E-state index contributed by atoms with van der Waals surface area (Å²) in [7, 11) is 3.08. The molecule has 0 aromatic heterocycles. The number of anilines is 2. The Balaban J connectivity index is 1.60. The second-order valence-corrected chi connectivity index (χ2v) is 6.68. The quantitative estimate of drug-likeness (QED) is 0.492. The molecule has 0 saturated carbocycles. The molecule has 0 unspecified atom stereocenters. The van der Waals surface area contributed by atoms with Gasteiger partial charge in [-0.15, -0.1) is 0 Å². The average molecular weight is 419 g/mol. The Morgan fingerprint density at radius 2 is 1.58 bits per heavy atom. The molecule has 0 aliphatic rings. The van der Waals surface area contributed by atoms with Crippen molar-refractivity contribution in [1.82, 2.24) is 5.32 Å². The molecule has 0 heterocycles. The van der Waals surface area contributed by atoms with Crippen LogP contribution < -0.4 is 25.4 Å². The zero-order chi connectivity index (χ0) is 22.1. The van der Waals surface area contributed by atoms with Gasteiger partial charge in [-0.25, -0.2) is 0 Å². The van der Waals surface area contributed by atoms with Gasteiger partial charge in [0.25, 0.3) is 5.91 Å². The first kappa shape index (κ1) is 21.7. The lowest BCUT2D eigenvalue weighted by molar-refractivity contribution is -0.114. The summed E-state index contributed by atoms with van der Waals surface area (Å²) in [5, 5.41) is 8.73. The monoisotopic (exact) mass is 419 g/mol. The van der Waals surface area contributed by atoms with E-state index in [1.807, 2.05) is 30.3 Å². The zero-order valence-corrected chi connectivity index (χ0v) is 17.5. The van der Waals surface area contributed by atoms with Crippen molar-refractivity contribution in [1.29, 1.82) is 0 Å². The van der Waals surface area contributed by atoms with Crippen LogP contribution in [0.15, 0.2) is 72.8 Å². The molecule has 2 amide bonds. The highest BCUT2D eigenvalue weighted by Crippen LogP contribution is 2.29. The topological polar surface area (TPSA) is 88.7 Å². The highest BCUT2D eigenvalue weighted by Gasteiger charge is 2.13. The lowest BCUT2D eigenvalue weighted by Gasteiger charge is -2.14. The first-order chi connectivity index (χ1) is 15.1. The van der Waals surface area contributed by atoms with E-state index in [4.69, 9.17) is 9.47 Å². The van der Waals surface area contributed by atoms with Crippen molar-refractivity contribution < 1.29 is 19.1 Å². The first-order valence-corrected chi connectivity index (χ1v) is 9.77. The standard InChI is InChI=1S/C24H25N3O4/c1-30-18-12-13-21(22(14-18)31-2)27-23(28)16-25-20-11-7-6-10-19(20)24(29)26-15-17-8-4-3-5-9-17/h3-14,25H,15-16H2,1-2H3,(H,26,29)(H,27,28). The molecule has 7 nitrogen and oxygen atoms in total.